The van der Waals surface area contributed by atoms with Crippen LogP contribution in [0.2, 0.25) is 0 Å². The summed E-state index contributed by atoms with van der Waals surface area (Å²) in [6.45, 7) is 9.89. The van der Waals surface area contributed by atoms with Crippen LogP contribution in [0, 0.1) is 0 Å². The topological polar surface area (TPSA) is 45.7 Å². The molecular weight excluding hydrogens is 365 g/mol. The van der Waals surface area contributed by atoms with E-state index in [0.717, 1.165) is 23.8 Å². The van der Waals surface area contributed by atoms with E-state index in [-0.39, 0.29) is 29.5 Å². The lowest BCUT2D eigenvalue weighted by molar-refractivity contribution is 0.414. The van der Waals surface area contributed by atoms with E-state index >= 15 is 0 Å². The Kier molecular flexibility index (Phi) is 8.60. The van der Waals surface area contributed by atoms with Gasteiger partial charge in [-0.05, 0) is 45.4 Å². The van der Waals surface area contributed by atoms with E-state index in [9.17, 15) is 0 Å². The van der Waals surface area contributed by atoms with Gasteiger partial charge in [-0.2, -0.15) is 0 Å². The number of nitrogens with zero attached hydrogens (tertiary/aromatic N) is 1. The third-order valence-corrected chi connectivity index (χ3v) is 2.39. The third-order valence-electron chi connectivity index (χ3n) is 2.39. The summed E-state index contributed by atoms with van der Waals surface area (Å²) in [6, 6.07) is 7.97. The number of methoxy groups -OCH3 is 1. The standard InChI is InChI=1S/C15H25N3O.HI/c1-6-16-14(18-15(2,3)4)17-11-12-8-7-9-13(10-12)19-5;/h7-10H,6,11H2,1-5H3,(H2,16,17,18);1H. The van der Waals surface area contributed by atoms with Crippen LogP contribution in [-0.4, -0.2) is 25.2 Å². The number of ether oxygens (including phenoxy) is 1. The average Bonchev–Trinajstić information content (AvgIpc) is 2.35. The van der Waals surface area contributed by atoms with Crippen LogP contribution in [-0.2, 0) is 6.54 Å². The van der Waals surface area contributed by atoms with Crippen LogP contribution in [0.15, 0.2) is 29.3 Å². The number of aliphatic imine (C=N–C) groups is 1. The summed E-state index contributed by atoms with van der Waals surface area (Å²) in [5.74, 6) is 1.69. The van der Waals surface area contributed by atoms with Gasteiger partial charge < -0.3 is 15.4 Å². The second kappa shape index (κ2) is 9.05. The molecule has 0 radical (unpaired) electrons. The fourth-order valence-electron chi connectivity index (χ4n) is 1.60. The van der Waals surface area contributed by atoms with Crippen LogP contribution in [0.3, 0.4) is 0 Å². The zero-order valence-electron chi connectivity index (χ0n) is 13.0. The Morgan fingerprint density at radius 3 is 2.55 bits per heavy atom. The summed E-state index contributed by atoms with van der Waals surface area (Å²) in [6.07, 6.45) is 0. The minimum atomic E-state index is -0.00458. The lowest BCUT2D eigenvalue weighted by Gasteiger charge is -2.23. The maximum absolute atomic E-state index is 5.21. The lowest BCUT2D eigenvalue weighted by atomic mass is 10.1. The van der Waals surface area contributed by atoms with Gasteiger partial charge in [-0.25, -0.2) is 4.99 Å². The van der Waals surface area contributed by atoms with Gasteiger partial charge in [-0.15, -0.1) is 24.0 Å². The van der Waals surface area contributed by atoms with E-state index in [1.807, 2.05) is 24.3 Å². The number of hydrogen-bond acceptors (Lipinski definition) is 2. The zero-order chi connectivity index (χ0) is 14.3. The number of hydrogen-bond donors (Lipinski definition) is 2. The second-order valence-electron chi connectivity index (χ2n) is 5.42. The highest BCUT2D eigenvalue weighted by Crippen LogP contribution is 2.13. The molecule has 114 valence electrons. The van der Waals surface area contributed by atoms with Crippen molar-refractivity contribution in [2.45, 2.75) is 39.8 Å². The largest absolute Gasteiger partial charge is 0.497 e. The molecule has 1 rings (SSSR count). The van der Waals surface area contributed by atoms with Gasteiger partial charge in [-0.3, -0.25) is 0 Å². The molecule has 1 aromatic rings. The van der Waals surface area contributed by atoms with E-state index in [4.69, 9.17) is 4.74 Å². The minimum absolute atomic E-state index is 0. The molecule has 0 unspecified atom stereocenters. The highest BCUT2D eigenvalue weighted by atomic mass is 127. The predicted octanol–water partition coefficient (Wildman–Crippen LogP) is 3.17. The van der Waals surface area contributed by atoms with Crippen molar-refractivity contribution in [3.63, 3.8) is 0 Å². The normalized spacial score (nSPS) is 11.6. The first-order chi connectivity index (χ1) is 8.94. The lowest BCUT2D eigenvalue weighted by Crippen LogP contribution is -2.47. The van der Waals surface area contributed by atoms with Crippen LogP contribution in [0.4, 0.5) is 0 Å². The molecule has 0 spiro atoms. The Hall–Kier alpha value is -0.980. The predicted molar refractivity (Wildman–Crippen MR) is 96.1 cm³/mol. The monoisotopic (exact) mass is 391 g/mol. The molecule has 2 N–H and O–H groups in total. The molecule has 4 nitrogen and oxygen atoms in total. The quantitative estimate of drug-likeness (QED) is 0.471. The molecule has 0 heterocycles. The summed E-state index contributed by atoms with van der Waals surface area (Å²) in [7, 11) is 1.67. The summed E-state index contributed by atoms with van der Waals surface area (Å²) < 4.78 is 5.21. The smallest absolute Gasteiger partial charge is 0.191 e. The summed E-state index contributed by atoms with van der Waals surface area (Å²) >= 11 is 0. The van der Waals surface area contributed by atoms with E-state index < -0.39 is 0 Å². The van der Waals surface area contributed by atoms with E-state index in [0.29, 0.717) is 6.54 Å². The van der Waals surface area contributed by atoms with E-state index in [1.54, 1.807) is 7.11 Å². The Morgan fingerprint density at radius 2 is 2.00 bits per heavy atom. The molecule has 20 heavy (non-hydrogen) atoms. The van der Waals surface area contributed by atoms with Crippen molar-refractivity contribution in [3.05, 3.63) is 29.8 Å². The van der Waals surface area contributed by atoms with Gasteiger partial charge >= 0.3 is 0 Å². The van der Waals surface area contributed by atoms with Gasteiger partial charge in [0.25, 0.3) is 0 Å². The van der Waals surface area contributed by atoms with Crippen molar-refractivity contribution in [3.8, 4) is 5.75 Å². The molecule has 5 heteroatoms. The number of benzene rings is 1. The van der Waals surface area contributed by atoms with Crippen LogP contribution in [0.5, 0.6) is 5.75 Å². The maximum Gasteiger partial charge on any atom is 0.191 e. The fraction of sp³-hybridized carbons (Fsp3) is 0.533. The molecule has 0 bridgehead atoms. The molecule has 0 aliphatic heterocycles. The molecule has 0 atom stereocenters. The van der Waals surface area contributed by atoms with Gasteiger partial charge in [0.15, 0.2) is 5.96 Å². The second-order valence-corrected chi connectivity index (χ2v) is 5.42. The molecule has 0 aromatic heterocycles. The van der Waals surface area contributed by atoms with Crippen molar-refractivity contribution in [1.82, 2.24) is 10.6 Å². The Morgan fingerprint density at radius 1 is 1.30 bits per heavy atom. The highest BCUT2D eigenvalue weighted by molar-refractivity contribution is 14.0. The van der Waals surface area contributed by atoms with Crippen LogP contribution in [0.25, 0.3) is 0 Å². The van der Waals surface area contributed by atoms with Crippen molar-refractivity contribution >= 4 is 29.9 Å². The van der Waals surface area contributed by atoms with Crippen LogP contribution >= 0.6 is 24.0 Å². The first kappa shape index (κ1) is 19.0. The molecular formula is C15H26IN3O. The van der Waals surface area contributed by atoms with Crippen molar-refractivity contribution in [1.29, 1.82) is 0 Å². The van der Waals surface area contributed by atoms with Crippen LogP contribution < -0.4 is 15.4 Å². The zero-order valence-corrected chi connectivity index (χ0v) is 15.3. The number of guanidine groups is 1. The molecule has 0 saturated heterocycles. The molecule has 0 amide bonds. The van der Waals surface area contributed by atoms with Crippen molar-refractivity contribution in [2.75, 3.05) is 13.7 Å². The Bertz CT molecular complexity index is 427. The SMILES string of the molecule is CCNC(=NCc1cccc(OC)c1)NC(C)(C)C.I. The average molecular weight is 391 g/mol. The van der Waals surface area contributed by atoms with Gasteiger partial charge in [0.1, 0.15) is 5.75 Å². The highest BCUT2D eigenvalue weighted by Gasteiger charge is 2.11. The third kappa shape index (κ3) is 7.57. The molecule has 0 aliphatic rings. The first-order valence-electron chi connectivity index (χ1n) is 6.64. The maximum atomic E-state index is 5.21. The summed E-state index contributed by atoms with van der Waals surface area (Å²) in [5, 5.41) is 6.61. The van der Waals surface area contributed by atoms with Gasteiger partial charge in [0.2, 0.25) is 0 Å². The summed E-state index contributed by atoms with van der Waals surface area (Å²) in [4.78, 5) is 4.58. The summed E-state index contributed by atoms with van der Waals surface area (Å²) in [5.41, 5.74) is 1.13. The van der Waals surface area contributed by atoms with Crippen molar-refractivity contribution in [2.24, 2.45) is 4.99 Å². The molecule has 0 fully saturated rings. The van der Waals surface area contributed by atoms with Crippen molar-refractivity contribution < 1.29 is 4.74 Å². The molecule has 0 saturated carbocycles. The van der Waals surface area contributed by atoms with E-state index in [1.165, 1.54) is 0 Å². The van der Waals surface area contributed by atoms with Gasteiger partial charge in [0, 0.05) is 12.1 Å². The molecule has 1 aromatic carbocycles. The van der Waals surface area contributed by atoms with Gasteiger partial charge in [0.05, 0.1) is 13.7 Å². The van der Waals surface area contributed by atoms with E-state index in [2.05, 4.69) is 43.3 Å². The Balaban J connectivity index is 0.00000361. The fourth-order valence-corrected chi connectivity index (χ4v) is 1.60. The number of nitrogens with one attached hydrogen (secondary N) is 2. The number of rotatable bonds is 4. The minimum Gasteiger partial charge on any atom is -0.497 e. The van der Waals surface area contributed by atoms with Crippen LogP contribution in [0.1, 0.15) is 33.3 Å². The van der Waals surface area contributed by atoms with Gasteiger partial charge in [-0.1, -0.05) is 12.1 Å². The number of halogens is 1. The molecule has 0 aliphatic carbocycles. The first-order valence-corrected chi connectivity index (χ1v) is 6.64. The Labute approximate surface area is 139 Å².